The number of hydrogen-bond donors (Lipinski definition) is 1. The number of ether oxygens (including phenoxy) is 1. The highest BCUT2D eigenvalue weighted by molar-refractivity contribution is 5.68. The van der Waals surface area contributed by atoms with Crippen LogP contribution in [-0.4, -0.2) is 35.7 Å². The number of piperidine rings is 1. The summed E-state index contributed by atoms with van der Waals surface area (Å²) in [6.45, 7) is 20.8. The van der Waals surface area contributed by atoms with Gasteiger partial charge < -0.3 is 10.1 Å². The fourth-order valence-electron chi connectivity index (χ4n) is 5.41. The molecule has 3 rings (SSSR count). The van der Waals surface area contributed by atoms with E-state index in [9.17, 15) is 9.18 Å². The molecule has 0 aromatic heterocycles. The Balaban J connectivity index is 0.00000172. The van der Waals surface area contributed by atoms with Crippen molar-refractivity contribution in [3.8, 4) is 0 Å². The minimum Gasteiger partial charge on any atom is -0.444 e. The van der Waals surface area contributed by atoms with E-state index in [0.29, 0.717) is 5.92 Å². The molecular weight excluding hydrogens is 475 g/mol. The molecule has 1 amide bonds. The van der Waals surface area contributed by atoms with Gasteiger partial charge in [0.15, 0.2) is 0 Å². The Bertz CT molecular complexity index is 905. The molecule has 0 radical (unpaired) electrons. The van der Waals surface area contributed by atoms with Crippen molar-refractivity contribution in [2.24, 2.45) is 11.8 Å². The molecule has 2 aromatic carbocycles. The highest BCUT2D eigenvalue weighted by atomic mass is 19.1. The number of amides is 1. The average molecular weight is 529 g/mol. The first-order valence-electron chi connectivity index (χ1n) is 14.7. The highest BCUT2D eigenvalue weighted by Gasteiger charge is 2.36. The number of likely N-dealkylation sites (tertiary alicyclic amines) is 1. The molecule has 5 heteroatoms. The number of carbonyl (C=O) groups excluding carboxylic acids is 1. The zero-order chi connectivity index (χ0) is 28.7. The Morgan fingerprint density at radius 3 is 2.16 bits per heavy atom. The molecule has 1 fully saturated rings. The summed E-state index contributed by atoms with van der Waals surface area (Å²) in [6.07, 6.45) is 2.62. The molecule has 0 bridgehead atoms. The topological polar surface area (TPSA) is 41.6 Å². The third kappa shape index (κ3) is 11.1. The van der Waals surface area contributed by atoms with Gasteiger partial charge in [0.2, 0.25) is 0 Å². The van der Waals surface area contributed by atoms with E-state index in [4.69, 9.17) is 4.74 Å². The number of hydrogen-bond acceptors (Lipinski definition) is 3. The molecule has 0 spiro atoms. The molecule has 4 nitrogen and oxygen atoms in total. The molecule has 3 unspecified atom stereocenters. The van der Waals surface area contributed by atoms with E-state index < -0.39 is 11.7 Å². The third-order valence-electron chi connectivity index (χ3n) is 6.94. The monoisotopic (exact) mass is 528 g/mol. The van der Waals surface area contributed by atoms with Crippen molar-refractivity contribution >= 4 is 6.09 Å². The van der Waals surface area contributed by atoms with Crippen LogP contribution in [0.25, 0.3) is 0 Å². The Labute approximate surface area is 232 Å². The summed E-state index contributed by atoms with van der Waals surface area (Å²) in [5.74, 6) is 0.581. The molecule has 1 heterocycles. The van der Waals surface area contributed by atoms with Crippen LogP contribution in [0.2, 0.25) is 0 Å². The standard InChI is InChI=1S/C29H41FN2O2.2C2H6/c1-6-26(21(2)31-28(33)34-29(3,4)5)27(24-13-10-14-25(30)19-24)23-15-17-32(18-16-23)20-22-11-8-7-9-12-22;2*1-2/h7-14,19,21,23,26-27H,6,15-18,20H2,1-5H3,(H,31,33);2*1-2H3. The SMILES string of the molecule is CC.CC.CCC(C(C)NC(=O)OC(C)(C)C)C(c1cccc(F)c1)C1CCN(Cc2ccccc2)CC1. The van der Waals surface area contributed by atoms with E-state index in [2.05, 4.69) is 54.4 Å². The summed E-state index contributed by atoms with van der Waals surface area (Å²) in [6, 6.07) is 17.5. The van der Waals surface area contributed by atoms with Gasteiger partial charge in [0.05, 0.1) is 0 Å². The van der Waals surface area contributed by atoms with Crippen molar-refractivity contribution in [2.45, 2.75) is 106 Å². The van der Waals surface area contributed by atoms with Gasteiger partial charge in [-0.05, 0) is 94.6 Å². The lowest BCUT2D eigenvalue weighted by Crippen LogP contribution is -2.45. The van der Waals surface area contributed by atoms with Crippen LogP contribution < -0.4 is 5.32 Å². The predicted octanol–water partition coefficient (Wildman–Crippen LogP) is 8.81. The van der Waals surface area contributed by atoms with Gasteiger partial charge in [-0.25, -0.2) is 9.18 Å². The summed E-state index contributed by atoms with van der Waals surface area (Å²) in [7, 11) is 0. The van der Waals surface area contributed by atoms with Crippen molar-refractivity contribution < 1.29 is 13.9 Å². The quantitative estimate of drug-likeness (QED) is 0.372. The largest absolute Gasteiger partial charge is 0.444 e. The zero-order valence-electron chi connectivity index (χ0n) is 25.4. The van der Waals surface area contributed by atoms with Gasteiger partial charge in [-0.3, -0.25) is 4.90 Å². The van der Waals surface area contributed by atoms with Crippen LogP contribution in [0.1, 0.15) is 98.6 Å². The Hall–Kier alpha value is -2.40. The molecule has 38 heavy (non-hydrogen) atoms. The lowest BCUT2D eigenvalue weighted by atomic mass is 9.69. The van der Waals surface area contributed by atoms with E-state index in [-0.39, 0.29) is 23.7 Å². The smallest absolute Gasteiger partial charge is 0.407 e. The molecule has 1 aliphatic rings. The van der Waals surface area contributed by atoms with Crippen LogP contribution in [-0.2, 0) is 11.3 Å². The second kappa shape index (κ2) is 17.2. The second-order valence-electron chi connectivity index (χ2n) is 10.7. The van der Waals surface area contributed by atoms with Crippen LogP contribution in [0.5, 0.6) is 0 Å². The fourth-order valence-corrected chi connectivity index (χ4v) is 5.41. The maximum Gasteiger partial charge on any atom is 0.407 e. The maximum absolute atomic E-state index is 14.3. The molecule has 1 aliphatic heterocycles. The van der Waals surface area contributed by atoms with E-state index in [1.165, 1.54) is 11.6 Å². The van der Waals surface area contributed by atoms with Gasteiger partial charge in [-0.2, -0.15) is 0 Å². The molecular formula is C33H53FN2O2. The Morgan fingerprint density at radius 2 is 1.63 bits per heavy atom. The van der Waals surface area contributed by atoms with Crippen molar-refractivity contribution in [1.82, 2.24) is 10.2 Å². The number of nitrogens with one attached hydrogen (secondary N) is 1. The first-order valence-corrected chi connectivity index (χ1v) is 14.7. The van der Waals surface area contributed by atoms with E-state index in [1.807, 2.05) is 54.5 Å². The van der Waals surface area contributed by atoms with Gasteiger partial charge in [-0.1, -0.05) is 83.5 Å². The van der Waals surface area contributed by atoms with E-state index >= 15 is 0 Å². The zero-order valence-corrected chi connectivity index (χ0v) is 25.4. The van der Waals surface area contributed by atoms with E-state index in [1.54, 1.807) is 12.1 Å². The summed E-state index contributed by atoms with van der Waals surface area (Å²) in [5.41, 5.74) is 1.83. The number of benzene rings is 2. The predicted molar refractivity (Wildman–Crippen MR) is 159 cm³/mol. The van der Waals surface area contributed by atoms with E-state index in [0.717, 1.165) is 44.5 Å². The Kier molecular flexibility index (Phi) is 15.3. The van der Waals surface area contributed by atoms with Gasteiger partial charge in [-0.15, -0.1) is 0 Å². The number of alkyl carbamates (subject to hydrolysis) is 1. The van der Waals surface area contributed by atoms with Gasteiger partial charge in [0.25, 0.3) is 0 Å². The summed E-state index contributed by atoms with van der Waals surface area (Å²) < 4.78 is 19.8. The van der Waals surface area contributed by atoms with Crippen molar-refractivity contribution in [1.29, 1.82) is 0 Å². The Morgan fingerprint density at radius 1 is 1.03 bits per heavy atom. The highest BCUT2D eigenvalue weighted by Crippen LogP contribution is 2.41. The lowest BCUT2D eigenvalue weighted by molar-refractivity contribution is 0.0472. The minimum absolute atomic E-state index is 0.0875. The van der Waals surface area contributed by atoms with Crippen molar-refractivity contribution in [2.75, 3.05) is 13.1 Å². The molecule has 1 N–H and O–H groups in total. The number of carbonyl (C=O) groups is 1. The first-order chi connectivity index (χ1) is 18.2. The van der Waals surface area contributed by atoms with Crippen LogP contribution >= 0.6 is 0 Å². The van der Waals surface area contributed by atoms with Crippen LogP contribution in [0.3, 0.4) is 0 Å². The summed E-state index contributed by atoms with van der Waals surface area (Å²) in [4.78, 5) is 15.0. The molecule has 1 saturated heterocycles. The number of nitrogens with zero attached hydrogens (tertiary/aromatic N) is 1. The second-order valence-corrected chi connectivity index (χ2v) is 10.7. The van der Waals surface area contributed by atoms with Crippen LogP contribution in [0.4, 0.5) is 9.18 Å². The molecule has 3 atom stereocenters. The third-order valence-corrected chi connectivity index (χ3v) is 6.94. The number of rotatable bonds is 8. The lowest BCUT2D eigenvalue weighted by Gasteiger charge is -2.41. The first kappa shape index (κ1) is 33.6. The normalized spacial score (nSPS) is 16.6. The van der Waals surface area contributed by atoms with Gasteiger partial charge in [0.1, 0.15) is 11.4 Å². The van der Waals surface area contributed by atoms with Crippen LogP contribution in [0, 0.1) is 17.7 Å². The van der Waals surface area contributed by atoms with Crippen LogP contribution in [0.15, 0.2) is 54.6 Å². The molecule has 2 aromatic rings. The fraction of sp³-hybridized carbons (Fsp3) is 0.606. The molecule has 0 saturated carbocycles. The van der Waals surface area contributed by atoms with Gasteiger partial charge in [0, 0.05) is 12.6 Å². The maximum atomic E-state index is 14.3. The minimum atomic E-state index is -0.543. The average Bonchev–Trinajstić information content (AvgIpc) is 2.89. The van der Waals surface area contributed by atoms with Crippen molar-refractivity contribution in [3.05, 3.63) is 71.5 Å². The summed E-state index contributed by atoms with van der Waals surface area (Å²) in [5, 5.41) is 3.07. The van der Waals surface area contributed by atoms with Crippen molar-refractivity contribution in [3.63, 3.8) is 0 Å². The van der Waals surface area contributed by atoms with Gasteiger partial charge >= 0.3 is 6.09 Å². The molecule has 214 valence electrons. The molecule has 0 aliphatic carbocycles. The summed E-state index contributed by atoms with van der Waals surface area (Å²) >= 11 is 0. The number of halogens is 1.